The van der Waals surface area contributed by atoms with Gasteiger partial charge in [-0.3, -0.25) is 9.69 Å². The van der Waals surface area contributed by atoms with Gasteiger partial charge in [0, 0.05) is 48.9 Å². The zero-order valence-electron chi connectivity index (χ0n) is 17.8. The fraction of sp³-hybridized carbons (Fsp3) is 0.480. The van der Waals surface area contributed by atoms with Gasteiger partial charge in [-0.2, -0.15) is 0 Å². The van der Waals surface area contributed by atoms with Crippen molar-refractivity contribution in [3.63, 3.8) is 0 Å². The van der Waals surface area contributed by atoms with Crippen molar-refractivity contribution < 1.29 is 9.47 Å². The molecule has 30 heavy (non-hydrogen) atoms. The van der Waals surface area contributed by atoms with Crippen LogP contribution in [0.1, 0.15) is 49.4 Å². The second kappa shape index (κ2) is 7.95. The summed E-state index contributed by atoms with van der Waals surface area (Å²) in [5.74, 6) is 2.60. The molecule has 2 aromatic rings. The molecule has 1 aromatic heterocycles. The van der Waals surface area contributed by atoms with Crippen LogP contribution in [0.5, 0.6) is 11.5 Å². The highest BCUT2D eigenvalue weighted by molar-refractivity contribution is 5.66. The standard InChI is InChI=1S/C25H30N2O3/c1-3-6-21-19-12-20(22-8-5-10-24(28)27(21)22)15-26(14-19)13-17-11-18-7-4-9-23(29-2)25(18)30-16-17/h4-5,7-11,19-21H,3,6,12-16H2,1-2H3/t19-,20+,21-/m0/s1. The molecule has 0 N–H and O–H groups in total. The van der Waals surface area contributed by atoms with Crippen LogP contribution in [0.25, 0.3) is 6.08 Å². The molecule has 0 spiro atoms. The number of hydrogen-bond donors (Lipinski definition) is 0. The first-order valence-corrected chi connectivity index (χ1v) is 11.1. The zero-order valence-corrected chi connectivity index (χ0v) is 17.8. The molecular weight excluding hydrogens is 376 g/mol. The van der Waals surface area contributed by atoms with Gasteiger partial charge in [0.05, 0.1) is 7.11 Å². The van der Waals surface area contributed by atoms with Crippen LogP contribution in [-0.2, 0) is 0 Å². The van der Waals surface area contributed by atoms with Crippen LogP contribution < -0.4 is 15.0 Å². The maximum Gasteiger partial charge on any atom is 0.250 e. The molecule has 0 radical (unpaired) electrons. The fourth-order valence-electron chi connectivity index (χ4n) is 5.70. The molecule has 0 aliphatic carbocycles. The molecule has 5 heteroatoms. The number of fused-ring (bicyclic) bond motifs is 5. The number of para-hydroxylation sites is 1. The molecule has 4 heterocycles. The topological polar surface area (TPSA) is 43.7 Å². The summed E-state index contributed by atoms with van der Waals surface area (Å²) in [6, 6.07) is 12.2. The van der Waals surface area contributed by atoms with Crippen molar-refractivity contribution in [2.24, 2.45) is 5.92 Å². The minimum Gasteiger partial charge on any atom is -0.493 e. The smallest absolute Gasteiger partial charge is 0.250 e. The highest BCUT2D eigenvalue weighted by Crippen LogP contribution is 2.43. The lowest BCUT2D eigenvalue weighted by Gasteiger charge is -2.47. The third kappa shape index (κ3) is 3.35. The number of ether oxygens (including phenoxy) is 2. The van der Waals surface area contributed by atoms with Crippen LogP contribution in [0.15, 0.2) is 46.8 Å². The first-order chi connectivity index (χ1) is 14.7. The summed E-state index contributed by atoms with van der Waals surface area (Å²) in [5, 5.41) is 0. The number of nitrogens with zero attached hydrogens (tertiary/aromatic N) is 2. The Balaban J connectivity index is 1.40. The Morgan fingerprint density at radius 1 is 1.17 bits per heavy atom. The van der Waals surface area contributed by atoms with Crippen molar-refractivity contribution in [1.29, 1.82) is 0 Å². The van der Waals surface area contributed by atoms with Crippen LogP contribution in [-0.4, -0.2) is 42.8 Å². The quantitative estimate of drug-likeness (QED) is 0.750. The number of rotatable bonds is 5. The summed E-state index contributed by atoms with van der Waals surface area (Å²) in [6.07, 6.45) is 5.62. The van der Waals surface area contributed by atoms with Gasteiger partial charge in [-0.05, 0) is 42.5 Å². The van der Waals surface area contributed by atoms with Crippen LogP contribution in [0.2, 0.25) is 0 Å². The Morgan fingerprint density at radius 3 is 2.87 bits per heavy atom. The molecule has 0 amide bonds. The Hall–Kier alpha value is -2.53. The Morgan fingerprint density at radius 2 is 2.03 bits per heavy atom. The minimum absolute atomic E-state index is 0.169. The third-order valence-corrected chi connectivity index (χ3v) is 6.88. The summed E-state index contributed by atoms with van der Waals surface area (Å²) in [7, 11) is 1.68. The van der Waals surface area contributed by atoms with E-state index in [9.17, 15) is 4.79 Å². The maximum absolute atomic E-state index is 12.7. The maximum atomic E-state index is 12.7. The van der Waals surface area contributed by atoms with Gasteiger partial charge in [0.15, 0.2) is 11.5 Å². The summed E-state index contributed by atoms with van der Waals surface area (Å²) in [6.45, 7) is 5.79. The van der Waals surface area contributed by atoms with E-state index in [0.717, 1.165) is 49.5 Å². The van der Waals surface area contributed by atoms with Gasteiger partial charge in [0.25, 0.3) is 5.56 Å². The molecule has 2 bridgehead atoms. The monoisotopic (exact) mass is 406 g/mol. The zero-order chi connectivity index (χ0) is 20.7. The van der Waals surface area contributed by atoms with E-state index in [4.69, 9.17) is 9.47 Å². The molecule has 3 aliphatic rings. The highest BCUT2D eigenvalue weighted by Gasteiger charge is 2.40. The first kappa shape index (κ1) is 19.4. The molecule has 5 nitrogen and oxygen atoms in total. The Labute approximate surface area is 177 Å². The lowest BCUT2D eigenvalue weighted by Crippen LogP contribution is -2.50. The normalized spacial score (nSPS) is 25.0. The van der Waals surface area contributed by atoms with E-state index in [-0.39, 0.29) is 5.56 Å². The van der Waals surface area contributed by atoms with E-state index in [2.05, 4.69) is 34.6 Å². The van der Waals surface area contributed by atoms with Gasteiger partial charge in [0.1, 0.15) is 6.61 Å². The molecule has 0 unspecified atom stereocenters. The minimum atomic E-state index is 0.169. The highest BCUT2D eigenvalue weighted by atomic mass is 16.5. The van der Waals surface area contributed by atoms with Gasteiger partial charge in [0.2, 0.25) is 0 Å². The molecule has 5 rings (SSSR count). The number of methoxy groups -OCH3 is 1. The predicted molar refractivity (Wildman–Crippen MR) is 118 cm³/mol. The predicted octanol–water partition coefficient (Wildman–Crippen LogP) is 4.09. The van der Waals surface area contributed by atoms with Gasteiger partial charge >= 0.3 is 0 Å². The molecular formula is C25H30N2O3. The second-order valence-electron chi connectivity index (χ2n) is 8.87. The molecule has 1 aromatic carbocycles. The number of likely N-dealkylation sites (tertiary alicyclic amines) is 1. The van der Waals surface area contributed by atoms with E-state index < -0.39 is 0 Å². The van der Waals surface area contributed by atoms with Gasteiger partial charge < -0.3 is 14.0 Å². The van der Waals surface area contributed by atoms with Crippen molar-refractivity contribution in [3.8, 4) is 11.5 Å². The SMILES string of the molecule is CCC[C@H]1[C@H]2C[C@H](CN(CC3=Cc4cccc(OC)c4OC3)C2)c2cccc(=O)n21. The fourth-order valence-corrected chi connectivity index (χ4v) is 5.70. The number of hydrogen-bond acceptors (Lipinski definition) is 4. The largest absolute Gasteiger partial charge is 0.493 e. The van der Waals surface area contributed by atoms with Crippen LogP contribution >= 0.6 is 0 Å². The van der Waals surface area contributed by atoms with Crippen LogP contribution in [0.3, 0.4) is 0 Å². The van der Waals surface area contributed by atoms with E-state index in [0.29, 0.717) is 24.5 Å². The van der Waals surface area contributed by atoms with Crippen molar-refractivity contribution in [2.75, 3.05) is 33.4 Å². The molecule has 1 fully saturated rings. The van der Waals surface area contributed by atoms with Gasteiger partial charge in [-0.1, -0.05) is 31.5 Å². The van der Waals surface area contributed by atoms with E-state index in [1.807, 2.05) is 18.2 Å². The summed E-state index contributed by atoms with van der Waals surface area (Å²) < 4.78 is 13.6. The Kier molecular flexibility index (Phi) is 5.15. The average molecular weight is 407 g/mol. The van der Waals surface area contributed by atoms with Crippen molar-refractivity contribution in [2.45, 2.75) is 38.1 Å². The van der Waals surface area contributed by atoms with E-state index >= 15 is 0 Å². The molecule has 158 valence electrons. The van der Waals surface area contributed by atoms with Gasteiger partial charge in [-0.15, -0.1) is 0 Å². The van der Waals surface area contributed by atoms with Crippen LogP contribution in [0, 0.1) is 5.92 Å². The summed E-state index contributed by atoms with van der Waals surface area (Å²) in [4.78, 5) is 15.2. The first-order valence-electron chi connectivity index (χ1n) is 11.1. The van der Waals surface area contributed by atoms with E-state index in [1.165, 1.54) is 17.7 Å². The van der Waals surface area contributed by atoms with Crippen molar-refractivity contribution >= 4 is 6.08 Å². The molecule has 3 aliphatic heterocycles. The van der Waals surface area contributed by atoms with Crippen LogP contribution in [0.4, 0.5) is 0 Å². The lowest BCUT2D eigenvalue weighted by atomic mass is 9.77. The average Bonchev–Trinajstić information content (AvgIpc) is 2.76. The molecule has 3 atom stereocenters. The second-order valence-corrected chi connectivity index (χ2v) is 8.87. The number of aromatic nitrogens is 1. The number of benzene rings is 1. The van der Waals surface area contributed by atoms with E-state index in [1.54, 1.807) is 13.2 Å². The molecule has 0 saturated carbocycles. The Bertz CT molecular complexity index is 1030. The summed E-state index contributed by atoms with van der Waals surface area (Å²) in [5.41, 5.74) is 3.79. The molecule has 1 saturated heterocycles. The summed E-state index contributed by atoms with van der Waals surface area (Å²) >= 11 is 0. The third-order valence-electron chi connectivity index (χ3n) is 6.88. The van der Waals surface area contributed by atoms with Crippen molar-refractivity contribution in [3.05, 3.63) is 63.6 Å². The van der Waals surface area contributed by atoms with Gasteiger partial charge in [-0.25, -0.2) is 0 Å². The lowest BCUT2D eigenvalue weighted by molar-refractivity contribution is 0.0915. The number of pyridine rings is 1. The number of piperidine rings is 1. The van der Waals surface area contributed by atoms with Crippen molar-refractivity contribution in [1.82, 2.24) is 9.47 Å².